The molecule has 4 nitrogen and oxygen atoms in total. The largest absolute Gasteiger partial charge is 0.414 e. The summed E-state index contributed by atoms with van der Waals surface area (Å²) in [6.45, 7) is 7.48. The molecule has 0 aromatic heterocycles. The Labute approximate surface area is 121 Å². The summed E-state index contributed by atoms with van der Waals surface area (Å²) < 4.78 is 18.4. The average molecular weight is 298 g/mol. The highest BCUT2D eigenvalue weighted by molar-refractivity contribution is 6.69. The third-order valence-electron chi connectivity index (χ3n) is 5.84. The van der Waals surface area contributed by atoms with E-state index in [-0.39, 0.29) is 23.2 Å². The minimum atomic E-state index is -1.65. The maximum atomic E-state index is 10.8. The molecule has 2 spiro atoms. The molecule has 0 unspecified atom stereocenters. The van der Waals surface area contributed by atoms with Crippen molar-refractivity contribution in [2.75, 3.05) is 6.61 Å². The minimum Gasteiger partial charge on any atom is -0.414 e. The Balaban J connectivity index is 1.76. The predicted octanol–water partition coefficient (Wildman–Crippen LogP) is 2.27. The van der Waals surface area contributed by atoms with Gasteiger partial charge in [0.15, 0.2) is 14.6 Å². The van der Waals surface area contributed by atoms with Crippen LogP contribution in [0.3, 0.4) is 0 Å². The van der Waals surface area contributed by atoms with Crippen molar-refractivity contribution in [1.82, 2.24) is 0 Å². The third kappa shape index (κ3) is 1.67. The number of fused-ring (bicyclic) bond motifs is 1. The van der Waals surface area contributed by atoms with Gasteiger partial charge in [-0.05, 0) is 44.8 Å². The van der Waals surface area contributed by atoms with Gasteiger partial charge in [-0.2, -0.15) is 0 Å². The molecule has 0 radical (unpaired) electrons. The van der Waals surface area contributed by atoms with E-state index < -0.39 is 14.6 Å². The van der Waals surface area contributed by atoms with Crippen molar-refractivity contribution in [1.29, 1.82) is 0 Å². The first-order valence-electron chi connectivity index (χ1n) is 8.03. The highest BCUT2D eigenvalue weighted by Gasteiger charge is 2.77. The molecule has 3 saturated heterocycles. The maximum Gasteiger partial charge on any atom is 0.184 e. The number of aliphatic hydroxyl groups is 1. The normalized spacial score (nSPS) is 54.0. The summed E-state index contributed by atoms with van der Waals surface area (Å²) in [6.07, 6.45) is 5.04. The van der Waals surface area contributed by atoms with Gasteiger partial charge in [0.2, 0.25) is 0 Å². The number of ether oxygens (including phenoxy) is 2. The van der Waals surface area contributed by atoms with Gasteiger partial charge in [0.1, 0.15) is 5.60 Å². The van der Waals surface area contributed by atoms with Gasteiger partial charge in [0.25, 0.3) is 0 Å². The first-order chi connectivity index (χ1) is 9.37. The molecular weight excluding hydrogens is 272 g/mol. The monoisotopic (exact) mass is 298 g/mol. The molecule has 5 heteroatoms. The second-order valence-corrected chi connectivity index (χ2v) is 12.6. The standard InChI is InChI=1S/C15H26O4Si/c1-20(2,3)19-12-6-4-5-10-7-11-8-14(9-17-14)15(10,12)13(16)18-11/h10-13,16H,4-9H2,1-3H3/t10-,11+,12-,13+,14+,15-/m0/s1. The molecule has 0 aromatic carbocycles. The Morgan fingerprint density at radius 3 is 2.65 bits per heavy atom. The zero-order chi connectivity index (χ0) is 14.2. The van der Waals surface area contributed by atoms with Crippen LogP contribution in [0.5, 0.6) is 0 Å². The van der Waals surface area contributed by atoms with E-state index in [4.69, 9.17) is 13.9 Å². The lowest BCUT2D eigenvalue weighted by molar-refractivity contribution is -0.342. The van der Waals surface area contributed by atoms with Crippen molar-refractivity contribution in [2.45, 2.75) is 75.8 Å². The quantitative estimate of drug-likeness (QED) is 0.628. The van der Waals surface area contributed by atoms with Crippen LogP contribution < -0.4 is 0 Å². The lowest BCUT2D eigenvalue weighted by Crippen LogP contribution is -2.71. The van der Waals surface area contributed by atoms with Crippen molar-refractivity contribution < 1.29 is 19.0 Å². The third-order valence-corrected chi connectivity index (χ3v) is 6.83. The molecular formula is C15H26O4Si. The summed E-state index contributed by atoms with van der Waals surface area (Å²) in [4.78, 5) is 0. The Morgan fingerprint density at radius 2 is 2.00 bits per heavy atom. The van der Waals surface area contributed by atoms with Crippen LogP contribution in [0.4, 0.5) is 0 Å². The van der Waals surface area contributed by atoms with Crippen LogP contribution in [0.1, 0.15) is 32.1 Å². The van der Waals surface area contributed by atoms with Crippen molar-refractivity contribution in [2.24, 2.45) is 11.3 Å². The topological polar surface area (TPSA) is 51.2 Å². The summed E-state index contributed by atoms with van der Waals surface area (Å²) in [7, 11) is -1.65. The van der Waals surface area contributed by atoms with Gasteiger partial charge in [0.05, 0.1) is 24.2 Å². The lowest BCUT2D eigenvalue weighted by Gasteiger charge is -2.63. The summed E-state index contributed by atoms with van der Waals surface area (Å²) in [5, 5.41) is 10.8. The van der Waals surface area contributed by atoms with Crippen LogP contribution in [-0.4, -0.2) is 44.1 Å². The molecule has 5 rings (SSSR count). The molecule has 6 atom stereocenters. The number of epoxide rings is 1. The van der Waals surface area contributed by atoms with Gasteiger partial charge in [0, 0.05) is 6.42 Å². The van der Waals surface area contributed by atoms with Crippen LogP contribution in [0, 0.1) is 11.3 Å². The first-order valence-corrected chi connectivity index (χ1v) is 11.4. The molecule has 2 bridgehead atoms. The number of aliphatic hydroxyl groups excluding tert-OH is 1. The smallest absolute Gasteiger partial charge is 0.184 e. The fourth-order valence-corrected chi connectivity index (χ4v) is 6.40. The van der Waals surface area contributed by atoms with Crippen LogP contribution in [0.15, 0.2) is 0 Å². The molecule has 5 aliphatic rings. The molecule has 2 aliphatic carbocycles. The maximum absolute atomic E-state index is 10.8. The number of rotatable bonds is 2. The molecule has 0 amide bonds. The van der Waals surface area contributed by atoms with Crippen LogP contribution in [-0.2, 0) is 13.9 Å². The van der Waals surface area contributed by atoms with Gasteiger partial charge in [-0.15, -0.1) is 0 Å². The van der Waals surface area contributed by atoms with Crippen LogP contribution in [0.2, 0.25) is 19.6 Å². The fourth-order valence-electron chi connectivity index (χ4n) is 5.24. The average Bonchev–Trinajstić information content (AvgIpc) is 3.06. The van der Waals surface area contributed by atoms with Gasteiger partial charge < -0.3 is 19.0 Å². The van der Waals surface area contributed by atoms with E-state index in [1.54, 1.807) is 0 Å². The Bertz CT molecular complexity index is 417. The molecule has 1 N–H and O–H groups in total. The zero-order valence-electron chi connectivity index (χ0n) is 12.7. The Morgan fingerprint density at radius 1 is 1.25 bits per heavy atom. The van der Waals surface area contributed by atoms with E-state index in [1.807, 2.05) is 0 Å². The van der Waals surface area contributed by atoms with E-state index in [0.29, 0.717) is 5.92 Å². The van der Waals surface area contributed by atoms with Gasteiger partial charge >= 0.3 is 0 Å². The lowest BCUT2D eigenvalue weighted by atomic mass is 9.50. The van der Waals surface area contributed by atoms with E-state index in [0.717, 1.165) is 25.9 Å². The summed E-state index contributed by atoms with van der Waals surface area (Å²) in [5.74, 6) is 0.502. The SMILES string of the molecule is C[Si](C)(C)O[C@H]1CCC[C@H]2C[C@@H]3C[C@@]4(CO4)[C@@]21[C@H](O)O3. The highest BCUT2D eigenvalue weighted by Crippen LogP contribution is 2.68. The molecule has 3 aliphatic heterocycles. The van der Waals surface area contributed by atoms with Crippen molar-refractivity contribution in [3.05, 3.63) is 0 Å². The first kappa shape index (κ1) is 13.7. The predicted molar refractivity (Wildman–Crippen MR) is 76.8 cm³/mol. The molecule has 0 aromatic rings. The summed E-state index contributed by atoms with van der Waals surface area (Å²) in [5.41, 5.74) is -0.455. The van der Waals surface area contributed by atoms with E-state index in [2.05, 4.69) is 19.6 Å². The molecule has 20 heavy (non-hydrogen) atoms. The van der Waals surface area contributed by atoms with Crippen molar-refractivity contribution in [3.8, 4) is 0 Å². The van der Waals surface area contributed by atoms with E-state index in [1.165, 1.54) is 12.8 Å². The minimum absolute atomic E-state index is 0.103. The Kier molecular flexibility index (Phi) is 2.79. The summed E-state index contributed by atoms with van der Waals surface area (Å²) in [6, 6.07) is 0. The van der Waals surface area contributed by atoms with Gasteiger partial charge in [-0.3, -0.25) is 0 Å². The fraction of sp³-hybridized carbons (Fsp3) is 1.00. The van der Waals surface area contributed by atoms with Crippen LogP contribution in [0.25, 0.3) is 0 Å². The number of hydrogen-bond acceptors (Lipinski definition) is 4. The van der Waals surface area contributed by atoms with Crippen molar-refractivity contribution >= 4 is 8.32 Å². The van der Waals surface area contributed by atoms with Crippen LogP contribution >= 0.6 is 0 Å². The molecule has 3 heterocycles. The van der Waals surface area contributed by atoms with Crippen molar-refractivity contribution in [3.63, 3.8) is 0 Å². The summed E-state index contributed by atoms with van der Waals surface area (Å²) >= 11 is 0. The highest BCUT2D eigenvalue weighted by atomic mass is 28.4. The van der Waals surface area contributed by atoms with Gasteiger partial charge in [-0.25, -0.2) is 0 Å². The Hall–Kier alpha value is 0.0569. The van der Waals surface area contributed by atoms with Gasteiger partial charge in [-0.1, -0.05) is 6.42 Å². The van der Waals surface area contributed by atoms with E-state index in [9.17, 15) is 5.11 Å². The molecule has 114 valence electrons. The number of hydrogen-bond donors (Lipinski definition) is 1. The van der Waals surface area contributed by atoms with E-state index >= 15 is 0 Å². The molecule has 5 fully saturated rings. The second kappa shape index (κ2) is 4.07. The zero-order valence-corrected chi connectivity index (χ0v) is 13.7. The molecule has 2 saturated carbocycles. The second-order valence-electron chi connectivity index (χ2n) is 8.11.